The van der Waals surface area contributed by atoms with Crippen molar-refractivity contribution in [2.45, 2.75) is 0 Å². The lowest BCUT2D eigenvalue weighted by Crippen LogP contribution is -2.41. The Labute approximate surface area is 159 Å². The molecule has 0 bridgehead atoms. The highest BCUT2D eigenvalue weighted by Crippen LogP contribution is 2.25. The van der Waals surface area contributed by atoms with Crippen LogP contribution in [0.1, 0.15) is 10.4 Å². The molecule has 0 radical (unpaired) electrons. The minimum absolute atomic E-state index is 0.0223. The van der Waals surface area contributed by atoms with Gasteiger partial charge < -0.3 is 14.6 Å². The molecule has 0 spiro atoms. The number of nitrogens with one attached hydrogen (secondary N) is 1. The molecule has 1 amide bonds. The summed E-state index contributed by atoms with van der Waals surface area (Å²) in [6, 6.07) is 16.3. The number of aromatic nitrogens is 1. The Hall–Kier alpha value is -2.63. The van der Waals surface area contributed by atoms with Crippen molar-refractivity contribution in [2.24, 2.45) is 7.05 Å². The molecule has 0 unspecified atom stereocenters. The zero-order valence-corrected chi connectivity index (χ0v) is 15.6. The van der Waals surface area contributed by atoms with E-state index in [0.717, 1.165) is 44.0 Å². The lowest BCUT2D eigenvalue weighted by Gasteiger charge is -2.26. The van der Waals surface area contributed by atoms with Crippen LogP contribution in [0.3, 0.4) is 0 Å². The van der Waals surface area contributed by atoms with Crippen LogP contribution in [0, 0.1) is 0 Å². The highest BCUT2D eigenvalue weighted by Gasteiger charge is 2.11. The number of benzene rings is 2. The van der Waals surface area contributed by atoms with Crippen LogP contribution in [0.2, 0.25) is 0 Å². The molecule has 0 saturated carbocycles. The van der Waals surface area contributed by atoms with Crippen molar-refractivity contribution in [3.63, 3.8) is 0 Å². The third kappa shape index (κ3) is 4.04. The van der Waals surface area contributed by atoms with Crippen LogP contribution in [0.4, 0.5) is 0 Å². The van der Waals surface area contributed by atoms with E-state index in [1.165, 1.54) is 10.9 Å². The second-order valence-corrected chi connectivity index (χ2v) is 6.99. The lowest BCUT2D eigenvalue weighted by atomic mass is 10.0. The second kappa shape index (κ2) is 7.94. The van der Waals surface area contributed by atoms with Gasteiger partial charge in [-0.05, 0) is 41.5 Å². The molecule has 1 aliphatic rings. The Kier molecular flexibility index (Phi) is 5.23. The van der Waals surface area contributed by atoms with Crippen molar-refractivity contribution in [3.8, 4) is 11.1 Å². The molecule has 2 aromatic carbocycles. The van der Waals surface area contributed by atoms with E-state index in [0.29, 0.717) is 12.1 Å². The topological polar surface area (TPSA) is 46.5 Å². The van der Waals surface area contributed by atoms with Crippen LogP contribution in [0.15, 0.2) is 54.7 Å². The van der Waals surface area contributed by atoms with Crippen molar-refractivity contribution >= 4 is 16.8 Å². The third-order valence-corrected chi connectivity index (χ3v) is 5.16. The third-order valence-electron chi connectivity index (χ3n) is 5.16. The van der Waals surface area contributed by atoms with Gasteiger partial charge in [-0.15, -0.1) is 0 Å². The molecule has 1 saturated heterocycles. The van der Waals surface area contributed by atoms with E-state index in [4.69, 9.17) is 4.74 Å². The predicted molar refractivity (Wildman–Crippen MR) is 108 cm³/mol. The number of amides is 1. The van der Waals surface area contributed by atoms with Gasteiger partial charge >= 0.3 is 0 Å². The maximum absolute atomic E-state index is 12.5. The maximum atomic E-state index is 12.5. The molecular formula is C22H25N3O2. The van der Waals surface area contributed by atoms with Crippen molar-refractivity contribution < 1.29 is 9.53 Å². The smallest absolute Gasteiger partial charge is 0.251 e. The van der Waals surface area contributed by atoms with Gasteiger partial charge in [0, 0.05) is 55.9 Å². The summed E-state index contributed by atoms with van der Waals surface area (Å²) in [5, 5.41) is 4.24. The molecule has 140 valence electrons. The molecule has 5 nitrogen and oxygen atoms in total. The van der Waals surface area contributed by atoms with E-state index in [-0.39, 0.29) is 5.91 Å². The van der Waals surface area contributed by atoms with Gasteiger partial charge in [0.1, 0.15) is 0 Å². The Balaban J connectivity index is 1.43. The average molecular weight is 363 g/mol. The molecule has 0 atom stereocenters. The van der Waals surface area contributed by atoms with Crippen LogP contribution in [-0.4, -0.2) is 54.8 Å². The standard InChI is InChI=1S/C22H25N3O2/c1-24-9-7-19-15-18(5-6-21(19)24)17-3-2-4-20(16-17)22(26)23-8-10-25-11-13-27-14-12-25/h2-7,9,15-16H,8,10-14H2,1H3,(H,23,26). The minimum Gasteiger partial charge on any atom is -0.379 e. The zero-order valence-electron chi connectivity index (χ0n) is 15.6. The quantitative estimate of drug-likeness (QED) is 0.758. The SMILES string of the molecule is Cn1ccc2cc(-c3cccc(C(=O)NCCN4CCOCC4)c3)ccc21. The number of morpholine rings is 1. The second-order valence-electron chi connectivity index (χ2n) is 6.99. The fourth-order valence-electron chi connectivity index (χ4n) is 3.56. The Bertz CT molecular complexity index is 942. The van der Waals surface area contributed by atoms with Crippen LogP contribution in [-0.2, 0) is 11.8 Å². The summed E-state index contributed by atoms with van der Waals surface area (Å²) in [7, 11) is 2.05. The molecule has 5 heteroatoms. The van der Waals surface area contributed by atoms with Gasteiger partial charge in [0.15, 0.2) is 0 Å². The molecule has 1 aromatic heterocycles. The highest BCUT2D eigenvalue weighted by atomic mass is 16.5. The van der Waals surface area contributed by atoms with Gasteiger partial charge in [0.2, 0.25) is 0 Å². The summed E-state index contributed by atoms with van der Waals surface area (Å²) in [5.41, 5.74) is 4.08. The number of hydrogen-bond donors (Lipinski definition) is 1. The first-order chi connectivity index (χ1) is 13.2. The number of rotatable bonds is 5. The number of aryl methyl sites for hydroxylation is 1. The lowest BCUT2D eigenvalue weighted by molar-refractivity contribution is 0.0383. The number of carbonyl (C=O) groups excluding carboxylic acids is 1. The van der Waals surface area contributed by atoms with Crippen LogP contribution in [0.25, 0.3) is 22.0 Å². The number of hydrogen-bond acceptors (Lipinski definition) is 3. The van der Waals surface area contributed by atoms with E-state index in [1.807, 2.05) is 25.2 Å². The fourth-order valence-corrected chi connectivity index (χ4v) is 3.56. The molecule has 3 aromatic rings. The molecule has 2 heterocycles. The molecule has 27 heavy (non-hydrogen) atoms. The van der Waals surface area contributed by atoms with Gasteiger partial charge in [-0.2, -0.15) is 0 Å². The maximum Gasteiger partial charge on any atom is 0.251 e. The van der Waals surface area contributed by atoms with Crippen LogP contribution >= 0.6 is 0 Å². The highest BCUT2D eigenvalue weighted by molar-refractivity contribution is 5.96. The number of ether oxygens (including phenoxy) is 1. The molecule has 1 N–H and O–H groups in total. The van der Waals surface area contributed by atoms with Crippen molar-refractivity contribution in [1.29, 1.82) is 0 Å². The van der Waals surface area contributed by atoms with Gasteiger partial charge in [0.25, 0.3) is 5.91 Å². The van der Waals surface area contributed by atoms with E-state index in [1.54, 1.807) is 0 Å². The molecule has 0 aliphatic carbocycles. The van der Waals surface area contributed by atoms with Gasteiger partial charge in [-0.25, -0.2) is 0 Å². The number of carbonyl (C=O) groups is 1. The van der Waals surface area contributed by atoms with Crippen LogP contribution in [0.5, 0.6) is 0 Å². The summed E-state index contributed by atoms with van der Waals surface area (Å²) >= 11 is 0. The molecule has 4 rings (SSSR count). The summed E-state index contributed by atoms with van der Waals surface area (Å²) in [4.78, 5) is 14.8. The van der Waals surface area contributed by atoms with Gasteiger partial charge in [-0.3, -0.25) is 9.69 Å². The first-order valence-electron chi connectivity index (χ1n) is 9.44. The monoisotopic (exact) mass is 363 g/mol. The molecule has 1 fully saturated rings. The summed E-state index contributed by atoms with van der Waals surface area (Å²) in [6.45, 7) is 4.95. The summed E-state index contributed by atoms with van der Waals surface area (Å²) in [6.07, 6.45) is 2.06. The Morgan fingerprint density at radius 3 is 2.74 bits per heavy atom. The predicted octanol–water partition coefficient (Wildman–Crippen LogP) is 2.91. The van der Waals surface area contributed by atoms with E-state index < -0.39 is 0 Å². The largest absolute Gasteiger partial charge is 0.379 e. The normalized spacial score (nSPS) is 15.1. The van der Waals surface area contributed by atoms with E-state index in [2.05, 4.69) is 51.3 Å². The fraction of sp³-hybridized carbons (Fsp3) is 0.318. The molecule has 1 aliphatic heterocycles. The Morgan fingerprint density at radius 1 is 1.07 bits per heavy atom. The van der Waals surface area contributed by atoms with Crippen LogP contribution < -0.4 is 5.32 Å². The Morgan fingerprint density at radius 2 is 1.89 bits per heavy atom. The number of nitrogens with zero attached hydrogens (tertiary/aromatic N) is 2. The van der Waals surface area contributed by atoms with Crippen molar-refractivity contribution in [2.75, 3.05) is 39.4 Å². The van der Waals surface area contributed by atoms with Crippen molar-refractivity contribution in [1.82, 2.24) is 14.8 Å². The van der Waals surface area contributed by atoms with Gasteiger partial charge in [0.05, 0.1) is 13.2 Å². The summed E-state index contributed by atoms with van der Waals surface area (Å²) in [5.74, 6) is -0.0223. The zero-order chi connectivity index (χ0) is 18.6. The van der Waals surface area contributed by atoms with E-state index in [9.17, 15) is 4.79 Å². The van der Waals surface area contributed by atoms with Gasteiger partial charge in [-0.1, -0.05) is 18.2 Å². The number of fused-ring (bicyclic) bond motifs is 1. The summed E-state index contributed by atoms with van der Waals surface area (Å²) < 4.78 is 7.46. The first kappa shape index (κ1) is 17.8. The minimum atomic E-state index is -0.0223. The average Bonchev–Trinajstić information content (AvgIpc) is 3.09. The molecular weight excluding hydrogens is 338 g/mol. The van der Waals surface area contributed by atoms with E-state index >= 15 is 0 Å². The first-order valence-corrected chi connectivity index (χ1v) is 9.44. The van der Waals surface area contributed by atoms with Crippen molar-refractivity contribution in [3.05, 3.63) is 60.3 Å².